The van der Waals surface area contributed by atoms with E-state index in [4.69, 9.17) is 10.7 Å². The Morgan fingerprint density at radius 2 is 2.10 bits per heavy atom. The van der Waals surface area contributed by atoms with Gasteiger partial charge in [0.05, 0.1) is 5.52 Å². The first-order valence-electron chi connectivity index (χ1n) is 7.45. The number of rotatable bonds is 3. The Morgan fingerprint density at radius 3 is 2.90 bits per heavy atom. The van der Waals surface area contributed by atoms with E-state index in [1.54, 1.807) is 0 Å². The molecule has 3 rings (SSSR count). The van der Waals surface area contributed by atoms with Gasteiger partial charge in [0.1, 0.15) is 5.82 Å². The summed E-state index contributed by atoms with van der Waals surface area (Å²) in [4.78, 5) is 7.29. The van der Waals surface area contributed by atoms with Crippen LogP contribution in [0.15, 0.2) is 30.3 Å². The Kier molecular flexibility index (Phi) is 3.38. The molecule has 0 fully saturated rings. The number of pyridine rings is 1. The first kappa shape index (κ1) is 13.4. The molecular weight excluding hydrogens is 246 g/mol. The molecular formula is C17H23N3. The predicted octanol–water partition coefficient (Wildman–Crippen LogP) is 3.11. The summed E-state index contributed by atoms with van der Waals surface area (Å²) in [6.07, 6.45) is 3.33. The van der Waals surface area contributed by atoms with Crippen molar-refractivity contribution in [3.63, 3.8) is 0 Å². The van der Waals surface area contributed by atoms with Crippen molar-refractivity contribution in [1.82, 2.24) is 4.98 Å². The van der Waals surface area contributed by atoms with Crippen LogP contribution < -0.4 is 10.6 Å². The van der Waals surface area contributed by atoms with E-state index in [-0.39, 0.29) is 5.54 Å². The molecule has 2 N–H and O–H groups in total. The summed E-state index contributed by atoms with van der Waals surface area (Å²) in [6, 6.07) is 10.7. The maximum Gasteiger partial charge on any atom is 0.132 e. The number of aryl methyl sites for hydroxylation is 1. The lowest BCUT2D eigenvalue weighted by Gasteiger charge is -2.32. The van der Waals surface area contributed by atoms with E-state index in [0.717, 1.165) is 31.4 Å². The maximum atomic E-state index is 6.12. The van der Waals surface area contributed by atoms with Gasteiger partial charge in [-0.15, -0.1) is 0 Å². The van der Waals surface area contributed by atoms with Gasteiger partial charge in [-0.1, -0.05) is 18.2 Å². The van der Waals surface area contributed by atoms with Gasteiger partial charge >= 0.3 is 0 Å². The van der Waals surface area contributed by atoms with Crippen molar-refractivity contribution in [1.29, 1.82) is 0 Å². The number of nitrogens with two attached hydrogens (primary N) is 1. The van der Waals surface area contributed by atoms with Gasteiger partial charge in [0.25, 0.3) is 0 Å². The summed E-state index contributed by atoms with van der Waals surface area (Å²) in [7, 11) is 0. The first-order valence-corrected chi connectivity index (χ1v) is 7.45. The Balaban J connectivity index is 1.93. The number of nitrogens with zero attached hydrogens (tertiary/aromatic N) is 2. The third-order valence-electron chi connectivity index (χ3n) is 3.98. The van der Waals surface area contributed by atoms with Crippen molar-refractivity contribution >= 4 is 16.7 Å². The topological polar surface area (TPSA) is 42.1 Å². The smallest absolute Gasteiger partial charge is 0.132 e. The zero-order valence-corrected chi connectivity index (χ0v) is 12.4. The fraction of sp³-hybridized carbons (Fsp3) is 0.471. The molecule has 1 aliphatic heterocycles. The van der Waals surface area contributed by atoms with Crippen LogP contribution in [-0.2, 0) is 6.42 Å². The normalized spacial score (nSPS) is 15.4. The second-order valence-electron chi connectivity index (χ2n) is 6.49. The summed E-state index contributed by atoms with van der Waals surface area (Å²) in [6.45, 7) is 6.26. The fourth-order valence-electron chi connectivity index (χ4n) is 2.81. The molecule has 0 atom stereocenters. The lowest BCUT2D eigenvalue weighted by Crippen LogP contribution is -2.39. The van der Waals surface area contributed by atoms with Crippen molar-refractivity contribution in [2.45, 2.75) is 38.6 Å². The quantitative estimate of drug-likeness (QED) is 0.931. The van der Waals surface area contributed by atoms with Crippen molar-refractivity contribution < 1.29 is 0 Å². The standard InChI is InChI=1S/C17H23N3/c1-17(2,18)9-11-20-10-5-7-14-12-13-6-3-4-8-15(13)19-16(14)20/h3-4,6,8,12H,5,7,9-11,18H2,1-2H3. The van der Waals surface area contributed by atoms with Crippen LogP contribution in [0.4, 0.5) is 5.82 Å². The van der Waals surface area contributed by atoms with Crippen LogP contribution in [0.3, 0.4) is 0 Å². The Bertz CT molecular complexity index is 613. The SMILES string of the molecule is CC(C)(N)CCN1CCCc2cc3ccccc3nc21. The summed E-state index contributed by atoms with van der Waals surface area (Å²) in [5, 5.41) is 1.24. The van der Waals surface area contributed by atoms with Gasteiger partial charge in [-0.2, -0.15) is 0 Å². The number of fused-ring (bicyclic) bond motifs is 2. The maximum absolute atomic E-state index is 6.12. The number of hydrogen-bond donors (Lipinski definition) is 1. The summed E-state index contributed by atoms with van der Waals surface area (Å²) in [5.41, 5.74) is 8.47. The summed E-state index contributed by atoms with van der Waals surface area (Å²) < 4.78 is 0. The van der Waals surface area contributed by atoms with Crippen LogP contribution in [0.5, 0.6) is 0 Å². The number of anilines is 1. The van der Waals surface area contributed by atoms with E-state index < -0.39 is 0 Å². The average molecular weight is 269 g/mol. The molecule has 20 heavy (non-hydrogen) atoms. The number of para-hydroxylation sites is 1. The van der Waals surface area contributed by atoms with Gasteiger partial charge in [0, 0.05) is 24.0 Å². The van der Waals surface area contributed by atoms with Gasteiger partial charge in [-0.25, -0.2) is 4.98 Å². The summed E-state index contributed by atoms with van der Waals surface area (Å²) >= 11 is 0. The molecule has 106 valence electrons. The third-order valence-corrected chi connectivity index (χ3v) is 3.98. The molecule has 0 spiro atoms. The Morgan fingerprint density at radius 1 is 1.30 bits per heavy atom. The molecule has 2 heterocycles. The fourth-order valence-corrected chi connectivity index (χ4v) is 2.81. The summed E-state index contributed by atoms with van der Waals surface area (Å²) in [5.74, 6) is 1.17. The molecule has 0 saturated heterocycles. The third kappa shape index (κ3) is 2.78. The molecule has 0 amide bonds. The monoisotopic (exact) mass is 269 g/mol. The molecule has 0 aliphatic carbocycles. The highest BCUT2D eigenvalue weighted by Gasteiger charge is 2.21. The minimum atomic E-state index is -0.117. The van der Waals surface area contributed by atoms with Crippen LogP contribution in [0.25, 0.3) is 10.9 Å². The predicted molar refractivity (Wildman–Crippen MR) is 85.2 cm³/mol. The van der Waals surface area contributed by atoms with E-state index >= 15 is 0 Å². The van der Waals surface area contributed by atoms with Gasteiger partial charge in [-0.3, -0.25) is 0 Å². The van der Waals surface area contributed by atoms with Crippen LogP contribution in [0.1, 0.15) is 32.3 Å². The second-order valence-corrected chi connectivity index (χ2v) is 6.49. The molecule has 3 nitrogen and oxygen atoms in total. The molecule has 0 bridgehead atoms. The van der Waals surface area contributed by atoms with Crippen LogP contribution in [0.2, 0.25) is 0 Å². The highest BCUT2D eigenvalue weighted by Crippen LogP contribution is 2.29. The molecule has 0 saturated carbocycles. The lowest BCUT2D eigenvalue weighted by molar-refractivity contribution is 0.468. The molecule has 1 aliphatic rings. The molecule has 3 heteroatoms. The second kappa shape index (κ2) is 5.06. The van der Waals surface area contributed by atoms with Gasteiger partial charge < -0.3 is 10.6 Å². The van der Waals surface area contributed by atoms with E-state index in [1.165, 1.54) is 23.2 Å². The first-order chi connectivity index (χ1) is 9.53. The van der Waals surface area contributed by atoms with E-state index in [9.17, 15) is 0 Å². The Hall–Kier alpha value is -1.61. The highest BCUT2D eigenvalue weighted by molar-refractivity contribution is 5.82. The van der Waals surface area contributed by atoms with E-state index in [2.05, 4.69) is 49.1 Å². The average Bonchev–Trinajstić information content (AvgIpc) is 2.42. The molecule has 1 aromatic heterocycles. The van der Waals surface area contributed by atoms with Gasteiger partial charge in [0.15, 0.2) is 0 Å². The molecule has 2 aromatic rings. The minimum Gasteiger partial charge on any atom is -0.356 e. The van der Waals surface area contributed by atoms with Crippen molar-refractivity contribution in [3.8, 4) is 0 Å². The van der Waals surface area contributed by atoms with E-state index in [1.807, 2.05) is 0 Å². The van der Waals surface area contributed by atoms with Gasteiger partial charge in [0.2, 0.25) is 0 Å². The largest absolute Gasteiger partial charge is 0.356 e. The van der Waals surface area contributed by atoms with Crippen molar-refractivity contribution in [2.24, 2.45) is 5.73 Å². The van der Waals surface area contributed by atoms with Gasteiger partial charge in [-0.05, 0) is 50.8 Å². The molecule has 0 radical (unpaired) electrons. The van der Waals surface area contributed by atoms with Crippen LogP contribution in [0, 0.1) is 0 Å². The van der Waals surface area contributed by atoms with E-state index in [0.29, 0.717) is 0 Å². The number of aromatic nitrogens is 1. The zero-order chi connectivity index (χ0) is 14.2. The highest BCUT2D eigenvalue weighted by atomic mass is 15.2. The van der Waals surface area contributed by atoms with Crippen molar-refractivity contribution in [3.05, 3.63) is 35.9 Å². The lowest BCUT2D eigenvalue weighted by atomic mass is 9.99. The molecule has 1 aromatic carbocycles. The van der Waals surface area contributed by atoms with Crippen LogP contribution in [-0.4, -0.2) is 23.6 Å². The number of hydrogen-bond acceptors (Lipinski definition) is 3. The van der Waals surface area contributed by atoms with Crippen LogP contribution >= 0.6 is 0 Å². The van der Waals surface area contributed by atoms with Crippen molar-refractivity contribution in [2.75, 3.05) is 18.0 Å². The molecule has 0 unspecified atom stereocenters. The minimum absolute atomic E-state index is 0.117. The number of benzene rings is 1. The Labute approximate surface area is 120 Å². The zero-order valence-electron chi connectivity index (χ0n) is 12.4.